The predicted octanol–water partition coefficient (Wildman–Crippen LogP) is 2.98. The van der Waals surface area contributed by atoms with Crippen LogP contribution in [0.2, 0.25) is 0 Å². The number of hydrogen-bond donors (Lipinski definition) is 1. The maximum absolute atomic E-state index is 5.78. The first kappa shape index (κ1) is 13.0. The van der Waals surface area contributed by atoms with Crippen molar-refractivity contribution in [3.05, 3.63) is 28.8 Å². The molecule has 1 aromatic rings. The van der Waals surface area contributed by atoms with E-state index in [2.05, 4.69) is 32.9 Å². The highest BCUT2D eigenvalue weighted by molar-refractivity contribution is 5.41. The Bertz CT molecular complexity index is 345. The van der Waals surface area contributed by atoms with Crippen molar-refractivity contribution in [2.45, 2.75) is 46.6 Å². The largest absolute Gasteiger partial charge is 0.494 e. The standard InChI is InChI=1S/C14H23NO/c1-5-16-14-9-10(2)13(8-11(14)3)7-6-12(4)15/h8-9,12H,5-7,15H2,1-4H3. The Hall–Kier alpha value is -1.02. The fraction of sp³-hybridized carbons (Fsp3) is 0.571. The molecule has 1 aromatic carbocycles. The van der Waals surface area contributed by atoms with E-state index in [0.717, 1.165) is 25.2 Å². The summed E-state index contributed by atoms with van der Waals surface area (Å²) < 4.78 is 5.57. The van der Waals surface area contributed by atoms with Crippen LogP contribution in [0.5, 0.6) is 5.75 Å². The Balaban J connectivity index is 2.83. The molecule has 16 heavy (non-hydrogen) atoms. The summed E-state index contributed by atoms with van der Waals surface area (Å²) >= 11 is 0. The SMILES string of the molecule is CCOc1cc(C)c(CCC(C)N)cc1C. The molecule has 0 aromatic heterocycles. The minimum Gasteiger partial charge on any atom is -0.494 e. The van der Waals surface area contributed by atoms with E-state index in [1.807, 2.05) is 6.92 Å². The average Bonchev–Trinajstić information content (AvgIpc) is 2.21. The second-order valence-electron chi connectivity index (χ2n) is 4.49. The second kappa shape index (κ2) is 5.90. The molecule has 0 aliphatic carbocycles. The van der Waals surface area contributed by atoms with Crippen molar-refractivity contribution in [3.8, 4) is 5.75 Å². The van der Waals surface area contributed by atoms with Gasteiger partial charge in [0.25, 0.3) is 0 Å². The predicted molar refractivity (Wildman–Crippen MR) is 69.1 cm³/mol. The van der Waals surface area contributed by atoms with Gasteiger partial charge in [0, 0.05) is 6.04 Å². The van der Waals surface area contributed by atoms with Crippen LogP contribution in [-0.2, 0) is 6.42 Å². The number of rotatable bonds is 5. The lowest BCUT2D eigenvalue weighted by Gasteiger charge is -2.13. The number of nitrogens with two attached hydrogens (primary N) is 1. The van der Waals surface area contributed by atoms with E-state index in [1.165, 1.54) is 16.7 Å². The first-order chi connectivity index (χ1) is 7.54. The van der Waals surface area contributed by atoms with Crippen LogP contribution in [0.1, 0.15) is 37.0 Å². The van der Waals surface area contributed by atoms with Gasteiger partial charge in [-0.1, -0.05) is 6.07 Å². The van der Waals surface area contributed by atoms with Gasteiger partial charge in [0.15, 0.2) is 0 Å². The maximum Gasteiger partial charge on any atom is 0.122 e. The monoisotopic (exact) mass is 221 g/mol. The first-order valence-electron chi connectivity index (χ1n) is 6.03. The molecular formula is C14H23NO. The molecule has 0 fully saturated rings. The van der Waals surface area contributed by atoms with E-state index < -0.39 is 0 Å². The number of benzene rings is 1. The molecule has 0 heterocycles. The Morgan fingerprint density at radius 1 is 1.25 bits per heavy atom. The van der Waals surface area contributed by atoms with E-state index in [1.54, 1.807) is 0 Å². The smallest absolute Gasteiger partial charge is 0.122 e. The van der Waals surface area contributed by atoms with Crippen molar-refractivity contribution in [2.24, 2.45) is 5.73 Å². The highest BCUT2D eigenvalue weighted by atomic mass is 16.5. The molecule has 90 valence electrons. The molecule has 0 amide bonds. The van der Waals surface area contributed by atoms with E-state index in [9.17, 15) is 0 Å². The lowest BCUT2D eigenvalue weighted by atomic mass is 9.99. The highest BCUT2D eigenvalue weighted by Crippen LogP contribution is 2.23. The van der Waals surface area contributed by atoms with Crippen molar-refractivity contribution >= 4 is 0 Å². The summed E-state index contributed by atoms with van der Waals surface area (Å²) in [6.07, 6.45) is 2.09. The van der Waals surface area contributed by atoms with E-state index in [-0.39, 0.29) is 6.04 Å². The number of hydrogen-bond acceptors (Lipinski definition) is 2. The molecule has 2 heteroatoms. The zero-order valence-electron chi connectivity index (χ0n) is 10.8. The molecule has 2 nitrogen and oxygen atoms in total. The number of aryl methyl sites for hydroxylation is 3. The van der Waals surface area contributed by atoms with Gasteiger partial charge in [-0.05, 0) is 63.3 Å². The van der Waals surface area contributed by atoms with Gasteiger partial charge < -0.3 is 10.5 Å². The van der Waals surface area contributed by atoms with Gasteiger partial charge in [-0.25, -0.2) is 0 Å². The van der Waals surface area contributed by atoms with Crippen molar-refractivity contribution in [1.82, 2.24) is 0 Å². The molecule has 0 saturated heterocycles. The molecule has 0 spiro atoms. The van der Waals surface area contributed by atoms with Gasteiger partial charge in [-0.2, -0.15) is 0 Å². The van der Waals surface area contributed by atoms with Crippen molar-refractivity contribution in [2.75, 3.05) is 6.61 Å². The lowest BCUT2D eigenvalue weighted by Crippen LogP contribution is -2.15. The van der Waals surface area contributed by atoms with Gasteiger partial charge in [0.05, 0.1) is 6.61 Å². The summed E-state index contributed by atoms with van der Waals surface area (Å²) in [5, 5.41) is 0. The molecular weight excluding hydrogens is 198 g/mol. The van der Waals surface area contributed by atoms with Crippen LogP contribution in [0.4, 0.5) is 0 Å². The van der Waals surface area contributed by atoms with E-state index in [0.29, 0.717) is 0 Å². The van der Waals surface area contributed by atoms with Gasteiger partial charge >= 0.3 is 0 Å². The van der Waals surface area contributed by atoms with Crippen LogP contribution in [0.3, 0.4) is 0 Å². The van der Waals surface area contributed by atoms with Gasteiger partial charge in [-0.15, -0.1) is 0 Å². The Morgan fingerprint density at radius 3 is 2.50 bits per heavy atom. The third-order valence-corrected chi connectivity index (χ3v) is 2.80. The fourth-order valence-electron chi connectivity index (χ4n) is 1.81. The molecule has 0 aliphatic rings. The summed E-state index contributed by atoms with van der Waals surface area (Å²) in [5.74, 6) is 1.00. The summed E-state index contributed by atoms with van der Waals surface area (Å²) in [6.45, 7) is 9.02. The van der Waals surface area contributed by atoms with Crippen molar-refractivity contribution in [1.29, 1.82) is 0 Å². The molecule has 2 N–H and O–H groups in total. The lowest BCUT2D eigenvalue weighted by molar-refractivity contribution is 0.337. The molecule has 0 saturated carbocycles. The van der Waals surface area contributed by atoms with Crippen LogP contribution in [0.25, 0.3) is 0 Å². The molecule has 1 rings (SSSR count). The normalized spacial score (nSPS) is 12.6. The Labute approximate surface area is 98.8 Å². The van der Waals surface area contributed by atoms with Gasteiger partial charge in [-0.3, -0.25) is 0 Å². The van der Waals surface area contributed by atoms with Crippen LogP contribution >= 0.6 is 0 Å². The highest BCUT2D eigenvalue weighted by Gasteiger charge is 2.06. The van der Waals surface area contributed by atoms with Crippen LogP contribution in [0.15, 0.2) is 12.1 Å². The summed E-state index contributed by atoms with van der Waals surface area (Å²) in [7, 11) is 0. The zero-order chi connectivity index (χ0) is 12.1. The topological polar surface area (TPSA) is 35.2 Å². The van der Waals surface area contributed by atoms with Crippen LogP contribution < -0.4 is 10.5 Å². The van der Waals surface area contributed by atoms with Gasteiger partial charge in [0.1, 0.15) is 5.75 Å². The second-order valence-corrected chi connectivity index (χ2v) is 4.49. The fourth-order valence-corrected chi connectivity index (χ4v) is 1.81. The minimum absolute atomic E-state index is 0.270. The summed E-state index contributed by atoms with van der Waals surface area (Å²) in [6, 6.07) is 4.63. The Morgan fingerprint density at radius 2 is 1.94 bits per heavy atom. The van der Waals surface area contributed by atoms with Crippen LogP contribution in [-0.4, -0.2) is 12.6 Å². The molecule has 0 bridgehead atoms. The van der Waals surface area contributed by atoms with Crippen LogP contribution in [0, 0.1) is 13.8 Å². The number of ether oxygens (including phenoxy) is 1. The third-order valence-electron chi connectivity index (χ3n) is 2.80. The average molecular weight is 221 g/mol. The van der Waals surface area contributed by atoms with E-state index in [4.69, 9.17) is 10.5 Å². The Kier molecular flexibility index (Phi) is 4.81. The minimum atomic E-state index is 0.270. The zero-order valence-corrected chi connectivity index (χ0v) is 10.8. The van der Waals surface area contributed by atoms with E-state index >= 15 is 0 Å². The molecule has 1 atom stereocenters. The molecule has 0 radical (unpaired) electrons. The van der Waals surface area contributed by atoms with Crippen molar-refractivity contribution in [3.63, 3.8) is 0 Å². The maximum atomic E-state index is 5.78. The van der Waals surface area contributed by atoms with Gasteiger partial charge in [0.2, 0.25) is 0 Å². The third kappa shape index (κ3) is 3.53. The summed E-state index contributed by atoms with van der Waals surface area (Å²) in [5.41, 5.74) is 9.68. The first-order valence-corrected chi connectivity index (χ1v) is 6.03. The molecule has 1 unspecified atom stereocenters. The van der Waals surface area contributed by atoms with Crippen molar-refractivity contribution < 1.29 is 4.74 Å². The quantitative estimate of drug-likeness (QED) is 0.829. The summed E-state index contributed by atoms with van der Waals surface area (Å²) in [4.78, 5) is 0. The molecule has 0 aliphatic heterocycles.